The maximum absolute atomic E-state index is 13.9. The van der Waals surface area contributed by atoms with E-state index in [1.165, 1.54) is 24.3 Å². The molecular weight excluding hydrogens is 421 g/mol. The standard InChI is InChI=1S/C23H25F3N4O2/c1-14-18(11-15(13-27)29-14)23(32)30-10-4-5-16(30)8-9-28-21(31)12-19(22(25)26)17-6-2-3-7-20(17)24/h2-3,6-7,11,16,19,22,29H,4-5,8-10,12H2,1H3,(H,28,31)/t16-,19?/m1/s1. The van der Waals surface area contributed by atoms with E-state index in [4.69, 9.17) is 5.26 Å². The van der Waals surface area contributed by atoms with Gasteiger partial charge in [-0.05, 0) is 43.9 Å². The average molecular weight is 446 g/mol. The SMILES string of the molecule is Cc1[nH]c(C#N)cc1C(=O)N1CCC[C@@H]1CCNC(=O)CC(c1ccccc1F)C(F)F. The highest BCUT2D eigenvalue weighted by Crippen LogP contribution is 2.29. The molecule has 1 unspecified atom stereocenters. The summed E-state index contributed by atoms with van der Waals surface area (Å²) in [5.41, 5.74) is 1.21. The monoisotopic (exact) mass is 446 g/mol. The summed E-state index contributed by atoms with van der Waals surface area (Å²) in [5, 5.41) is 11.6. The molecule has 1 saturated heterocycles. The molecule has 0 spiro atoms. The summed E-state index contributed by atoms with van der Waals surface area (Å²) in [4.78, 5) is 29.7. The predicted molar refractivity (Wildman–Crippen MR) is 112 cm³/mol. The molecule has 1 aromatic carbocycles. The van der Waals surface area contributed by atoms with Crippen LogP contribution in [0.3, 0.4) is 0 Å². The lowest BCUT2D eigenvalue weighted by molar-refractivity contribution is -0.122. The number of H-pyrrole nitrogens is 1. The second kappa shape index (κ2) is 10.4. The Labute approximate surface area is 184 Å². The number of nitrogens with one attached hydrogen (secondary N) is 2. The van der Waals surface area contributed by atoms with Gasteiger partial charge in [-0.25, -0.2) is 13.2 Å². The van der Waals surface area contributed by atoms with E-state index in [0.29, 0.717) is 29.9 Å². The Balaban J connectivity index is 1.55. The molecular formula is C23H25F3N4O2. The number of carbonyl (C=O) groups excluding carboxylic acids is 2. The number of hydrogen-bond donors (Lipinski definition) is 2. The highest BCUT2D eigenvalue weighted by molar-refractivity contribution is 5.96. The Morgan fingerprint density at radius 2 is 2.09 bits per heavy atom. The zero-order valence-electron chi connectivity index (χ0n) is 17.7. The number of nitrogens with zero attached hydrogens (tertiary/aromatic N) is 2. The number of rotatable bonds is 8. The highest BCUT2D eigenvalue weighted by Gasteiger charge is 2.31. The molecule has 0 saturated carbocycles. The average Bonchev–Trinajstić information content (AvgIpc) is 3.38. The zero-order valence-corrected chi connectivity index (χ0v) is 17.7. The number of aryl methyl sites for hydroxylation is 1. The van der Waals surface area contributed by atoms with Crippen LogP contribution in [0.2, 0.25) is 0 Å². The normalized spacial score (nSPS) is 16.8. The number of aromatic nitrogens is 1. The van der Waals surface area contributed by atoms with Crippen LogP contribution < -0.4 is 5.32 Å². The molecule has 2 atom stereocenters. The van der Waals surface area contributed by atoms with E-state index in [1.807, 2.05) is 6.07 Å². The van der Waals surface area contributed by atoms with Gasteiger partial charge in [-0.3, -0.25) is 9.59 Å². The van der Waals surface area contributed by atoms with Crippen LogP contribution in [0.1, 0.15) is 58.9 Å². The molecule has 1 aliphatic heterocycles. The molecule has 32 heavy (non-hydrogen) atoms. The van der Waals surface area contributed by atoms with Crippen LogP contribution in [-0.4, -0.2) is 47.3 Å². The first kappa shape index (κ1) is 23.4. The van der Waals surface area contributed by atoms with Gasteiger partial charge in [-0.1, -0.05) is 18.2 Å². The van der Waals surface area contributed by atoms with E-state index in [1.54, 1.807) is 11.8 Å². The lowest BCUT2D eigenvalue weighted by Gasteiger charge is -2.25. The van der Waals surface area contributed by atoms with Crippen LogP contribution in [0.15, 0.2) is 30.3 Å². The Bertz CT molecular complexity index is 1010. The Morgan fingerprint density at radius 1 is 1.34 bits per heavy atom. The van der Waals surface area contributed by atoms with Gasteiger partial charge < -0.3 is 15.2 Å². The maximum atomic E-state index is 13.9. The van der Waals surface area contributed by atoms with Crippen LogP contribution in [0.4, 0.5) is 13.2 Å². The molecule has 0 radical (unpaired) electrons. The minimum Gasteiger partial charge on any atom is -0.356 e. The van der Waals surface area contributed by atoms with Crippen molar-refractivity contribution in [3.63, 3.8) is 0 Å². The van der Waals surface area contributed by atoms with Gasteiger partial charge in [-0.2, -0.15) is 5.26 Å². The van der Waals surface area contributed by atoms with Crippen LogP contribution in [0.5, 0.6) is 0 Å². The number of nitriles is 1. The van der Waals surface area contributed by atoms with Gasteiger partial charge in [0.2, 0.25) is 12.3 Å². The fourth-order valence-corrected chi connectivity index (χ4v) is 4.16. The Morgan fingerprint density at radius 3 is 2.75 bits per heavy atom. The van der Waals surface area contributed by atoms with Crippen molar-refractivity contribution in [2.75, 3.05) is 13.1 Å². The van der Waals surface area contributed by atoms with E-state index in [0.717, 1.165) is 18.9 Å². The third-order valence-electron chi connectivity index (χ3n) is 5.82. The van der Waals surface area contributed by atoms with Crippen molar-refractivity contribution in [1.29, 1.82) is 5.26 Å². The largest absolute Gasteiger partial charge is 0.356 e. The first-order valence-electron chi connectivity index (χ1n) is 10.5. The van der Waals surface area contributed by atoms with Crippen LogP contribution in [0.25, 0.3) is 0 Å². The first-order valence-corrected chi connectivity index (χ1v) is 10.5. The lowest BCUT2D eigenvalue weighted by Crippen LogP contribution is -2.38. The smallest absolute Gasteiger partial charge is 0.255 e. The molecule has 170 valence electrons. The summed E-state index contributed by atoms with van der Waals surface area (Å²) >= 11 is 0. The summed E-state index contributed by atoms with van der Waals surface area (Å²) in [6, 6.07) is 8.65. The van der Waals surface area contributed by atoms with Crippen LogP contribution >= 0.6 is 0 Å². The second-order valence-corrected chi connectivity index (χ2v) is 7.93. The summed E-state index contributed by atoms with van der Waals surface area (Å²) in [6.45, 7) is 2.52. The number of halogens is 3. The van der Waals surface area contributed by atoms with Crippen LogP contribution in [0, 0.1) is 24.1 Å². The zero-order chi connectivity index (χ0) is 23.3. The van der Waals surface area contributed by atoms with E-state index >= 15 is 0 Å². The van der Waals surface area contributed by atoms with E-state index in [9.17, 15) is 22.8 Å². The molecule has 0 bridgehead atoms. The van der Waals surface area contributed by atoms with Crippen molar-refractivity contribution in [3.05, 3.63) is 58.7 Å². The number of aromatic amines is 1. The van der Waals surface area contributed by atoms with Gasteiger partial charge in [0.25, 0.3) is 5.91 Å². The first-order chi connectivity index (χ1) is 15.3. The third-order valence-corrected chi connectivity index (χ3v) is 5.82. The van der Waals surface area contributed by atoms with Gasteiger partial charge >= 0.3 is 0 Å². The number of likely N-dealkylation sites (tertiary alicyclic amines) is 1. The minimum absolute atomic E-state index is 0.0971. The fraction of sp³-hybridized carbons (Fsp3) is 0.435. The van der Waals surface area contributed by atoms with Crippen molar-refractivity contribution < 1.29 is 22.8 Å². The molecule has 2 N–H and O–H groups in total. The summed E-state index contributed by atoms with van der Waals surface area (Å²) in [6.07, 6.45) is -1.33. The number of alkyl halides is 2. The molecule has 2 heterocycles. The maximum Gasteiger partial charge on any atom is 0.255 e. The van der Waals surface area contributed by atoms with E-state index in [-0.39, 0.29) is 24.1 Å². The number of hydrogen-bond acceptors (Lipinski definition) is 3. The third kappa shape index (κ3) is 5.31. The molecule has 0 aliphatic carbocycles. The summed E-state index contributed by atoms with van der Waals surface area (Å²) in [5.74, 6) is -3.04. The van der Waals surface area contributed by atoms with Crippen molar-refractivity contribution >= 4 is 11.8 Å². The summed E-state index contributed by atoms with van der Waals surface area (Å²) in [7, 11) is 0. The van der Waals surface area contributed by atoms with Crippen molar-refractivity contribution in [2.45, 2.75) is 51.0 Å². The van der Waals surface area contributed by atoms with Crippen molar-refractivity contribution in [3.8, 4) is 6.07 Å². The number of amides is 2. The molecule has 1 fully saturated rings. The molecule has 1 aliphatic rings. The summed E-state index contributed by atoms with van der Waals surface area (Å²) < 4.78 is 40.8. The van der Waals surface area contributed by atoms with Gasteiger partial charge in [0.1, 0.15) is 17.6 Å². The number of benzene rings is 1. The van der Waals surface area contributed by atoms with E-state index in [2.05, 4.69) is 10.3 Å². The molecule has 3 rings (SSSR count). The topological polar surface area (TPSA) is 89.0 Å². The second-order valence-electron chi connectivity index (χ2n) is 7.93. The predicted octanol–water partition coefficient (Wildman–Crippen LogP) is 3.88. The minimum atomic E-state index is -2.87. The Kier molecular flexibility index (Phi) is 7.57. The highest BCUT2D eigenvalue weighted by atomic mass is 19.3. The van der Waals surface area contributed by atoms with Gasteiger partial charge in [0.05, 0.1) is 11.5 Å². The van der Waals surface area contributed by atoms with Gasteiger partial charge in [0.15, 0.2) is 0 Å². The van der Waals surface area contributed by atoms with Crippen molar-refractivity contribution in [1.82, 2.24) is 15.2 Å². The molecule has 9 heteroatoms. The molecule has 6 nitrogen and oxygen atoms in total. The van der Waals surface area contributed by atoms with Gasteiger partial charge in [0, 0.05) is 31.2 Å². The fourth-order valence-electron chi connectivity index (χ4n) is 4.16. The van der Waals surface area contributed by atoms with Crippen molar-refractivity contribution in [2.24, 2.45) is 0 Å². The Hall–Kier alpha value is -3.28. The van der Waals surface area contributed by atoms with Crippen LogP contribution in [-0.2, 0) is 4.79 Å². The molecule has 1 aromatic heterocycles. The molecule has 2 aromatic rings. The molecule has 2 amide bonds. The van der Waals surface area contributed by atoms with E-state index < -0.39 is 30.5 Å². The van der Waals surface area contributed by atoms with Gasteiger partial charge in [-0.15, -0.1) is 0 Å². The number of carbonyl (C=O) groups is 2. The quantitative estimate of drug-likeness (QED) is 0.645. The lowest BCUT2D eigenvalue weighted by atomic mass is 9.95.